The van der Waals surface area contributed by atoms with Crippen LogP contribution in [0.3, 0.4) is 0 Å². The molecule has 1 aromatic rings. The number of halogens is 4. The van der Waals surface area contributed by atoms with Gasteiger partial charge in [0, 0.05) is 0 Å². The van der Waals surface area contributed by atoms with Crippen molar-refractivity contribution in [2.75, 3.05) is 13.2 Å². The number of alkyl halides is 3. The summed E-state index contributed by atoms with van der Waals surface area (Å²) in [6.45, 7) is 3.44. The minimum absolute atomic E-state index is 0.105. The van der Waals surface area contributed by atoms with E-state index in [1.165, 1.54) is 6.07 Å². The van der Waals surface area contributed by atoms with Crippen molar-refractivity contribution < 1.29 is 31.5 Å². The second-order valence-corrected chi connectivity index (χ2v) is 6.62. The first kappa shape index (κ1) is 19.3. The van der Waals surface area contributed by atoms with Crippen molar-refractivity contribution in [3.05, 3.63) is 28.8 Å². The van der Waals surface area contributed by atoms with E-state index < -0.39 is 25.5 Å². The highest BCUT2D eigenvalue weighted by Crippen LogP contribution is 2.58. The van der Waals surface area contributed by atoms with Crippen LogP contribution in [0.25, 0.3) is 0 Å². The second-order valence-electron chi connectivity index (χ2n) is 4.06. The van der Waals surface area contributed by atoms with Crippen LogP contribution < -0.4 is 10.5 Å². The molecule has 0 saturated heterocycles. The van der Waals surface area contributed by atoms with Crippen LogP contribution in [0.2, 0.25) is 5.02 Å². The lowest BCUT2D eigenvalue weighted by Crippen LogP contribution is -2.18. The van der Waals surface area contributed by atoms with E-state index in [4.69, 9.17) is 26.4 Å². The van der Waals surface area contributed by atoms with Crippen molar-refractivity contribution in [2.45, 2.75) is 26.0 Å². The summed E-state index contributed by atoms with van der Waals surface area (Å²) in [5, 5.41) is -0.315. The first-order chi connectivity index (χ1) is 10.1. The molecule has 0 fully saturated rings. The van der Waals surface area contributed by atoms with E-state index in [1.54, 1.807) is 13.8 Å². The van der Waals surface area contributed by atoms with Gasteiger partial charge in [-0.25, -0.2) is 0 Å². The molecule has 0 aliphatic carbocycles. The third kappa shape index (κ3) is 5.14. The summed E-state index contributed by atoms with van der Waals surface area (Å²) >= 11 is 5.73. The minimum Gasteiger partial charge on any atom is -0.404 e. The Labute approximate surface area is 131 Å². The maximum atomic E-state index is 12.5. The zero-order valence-electron chi connectivity index (χ0n) is 11.9. The molecular weight excluding hydrogens is 346 g/mol. The van der Waals surface area contributed by atoms with Gasteiger partial charge in [-0.3, -0.25) is 4.57 Å². The van der Waals surface area contributed by atoms with E-state index in [2.05, 4.69) is 4.74 Å². The molecule has 2 N–H and O–H groups in total. The van der Waals surface area contributed by atoms with Gasteiger partial charge in [-0.05, 0) is 31.5 Å². The van der Waals surface area contributed by atoms with Gasteiger partial charge >= 0.3 is 14.0 Å². The standard InChI is InChI=1S/C12H16ClF3NO4P/c1-3-19-22(18,20-4-2)11(17)8-5-6-10(9(13)7-8)21-12(14,15)16/h5-7,11H,3-4,17H2,1-2H3/t11-/m1/s1. The lowest BCUT2D eigenvalue weighted by molar-refractivity contribution is -0.274. The Morgan fingerprint density at radius 2 is 1.82 bits per heavy atom. The monoisotopic (exact) mass is 361 g/mol. The van der Waals surface area contributed by atoms with Crippen molar-refractivity contribution >= 4 is 19.2 Å². The molecule has 0 amide bonds. The fourth-order valence-corrected chi connectivity index (χ4v) is 3.52. The molecule has 126 valence electrons. The Kier molecular flexibility index (Phi) is 6.70. The van der Waals surface area contributed by atoms with Crippen LogP contribution in [0.4, 0.5) is 13.2 Å². The molecule has 10 heteroatoms. The van der Waals surface area contributed by atoms with E-state index in [1.807, 2.05) is 0 Å². The molecule has 0 unspecified atom stereocenters. The molecule has 0 aliphatic rings. The Balaban J connectivity index is 3.06. The first-order valence-electron chi connectivity index (χ1n) is 6.32. The summed E-state index contributed by atoms with van der Waals surface area (Å²) in [7, 11) is -3.65. The third-order valence-corrected chi connectivity index (χ3v) is 4.99. The molecule has 0 aromatic heterocycles. The summed E-state index contributed by atoms with van der Waals surface area (Å²) in [6, 6.07) is 3.35. The average molecular weight is 362 g/mol. The van der Waals surface area contributed by atoms with Crippen LogP contribution in [0, 0.1) is 0 Å². The molecule has 5 nitrogen and oxygen atoms in total. The van der Waals surface area contributed by atoms with Gasteiger partial charge in [-0.15, -0.1) is 13.2 Å². The van der Waals surface area contributed by atoms with Gasteiger partial charge in [0.05, 0.1) is 18.2 Å². The van der Waals surface area contributed by atoms with Crippen molar-refractivity contribution in [3.63, 3.8) is 0 Å². The predicted molar refractivity (Wildman–Crippen MR) is 75.9 cm³/mol. The lowest BCUT2D eigenvalue weighted by atomic mass is 10.2. The molecule has 1 aromatic carbocycles. The number of nitrogens with two attached hydrogens (primary N) is 1. The van der Waals surface area contributed by atoms with Gasteiger partial charge < -0.3 is 19.5 Å². The second kappa shape index (κ2) is 7.66. The highest BCUT2D eigenvalue weighted by molar-refractivity contribution is 7.54. The van der Waals surface area contributed by atoms with Crippen molar-refractivity contribution in [1.82, 2.24) is 0 Å². The Morgan fingerprint density at radius 1 is 1.27 bits per heavy atom. The van der Waals surface area contributed by atoms with Crippen molar-refractivity contribution in [1.29, 1.82) is 0 Å². The van der Waals surface area contributed by atoms with Crippen LogP contribution in [-0.4, -0.2) is 19.6 Å². The lowest BCUT2D eigenvalue weighted by Gasteiger charge is -2.23. The highest BCUT2D eigenvalue weighted by atomic mass is 35.5. The maximum Gasteiger partial charge on any atom is 0.573 e. The van der Waals surface area contributed by atoms with Crippen LogP contribution >= 0.6 is 19.2 Å². The van der Waals surface area contributed by atoms with E-state index in [-0.39, 0.29) is 23.8 Å². The van der Waals surface area contributed by atoms with Gasteiger partial charge in [0.1, 0.15) is 11.5 Å². The molecule has 1 rings (SSSR count). The van der Waals surface area contributed by atoms with Crippen LogP contribution in [0.15, 0.2) is 18.2 Å². The molecule has 0 radical (unpaired) electrons. The largest absolute Gasteiger partial charge is 0.573 e. The number of ether oxygens (including phenoxy) is 1. The Hall–Kier alpha value is -0.790. The van der Waals surface area contributed by atoms with Gasteiger partial charge in [0.2, 0.25) is 0 Å². The molecule has 0 saturated carbocycles. The first-order valence-corrected chi connectivity index (χ1v) is 8.31. The summed E-state index contributed by atoms with van der Waals surface area (Å²) in [6.07, 6.45) is -4.86. The third-order valence-electron chi connectivity index (χ3n) is 2.48. The molecule has 1 atom stereocenters. The van der Waals surface area contributed by atoms with E-state index in [0.717, 1.165) is 12.1 Å². The normalized spacial score (nSPS) is 14.0. The number of hydrogen-bond donors (Lipinski definition) is 1. The fourth-order valence-electron chi connectivity index (χ4n) is 1.65. The molecule has 0 heterocycles. The minimum atomic E-state index is -4.86. The summed E-state index contributed by atoms with van der Waals surface area (Å²) in [4.78, 5) is 0. The molecule has 0 spiro atoms. The molecule has 22 heavy (non-hydrogen) atoms. The SMILES string of the molecule is CCOP(=O)(OCC)[C@@H](N)c1ccc(OC(F)(F)F)c(Cl)c1. The zero-order chi connectivity index (χ0) is 17.0. The highest BCUT2D eigenvalue weighted by Gasteiger charge is 2.35. The van der Waals surface area contributed by atoms with E-state index >= 15 is 0 Å². The quantitative estimate of drug-likeness (QED) is 0.726. The van der Waals surface area contributed by atoms with Crippen LogP contribution in [0.5, 0.6) is 5.75 Å². The topological polar surface area (TPSA) is 70.8 Å². The number of rotatable bonds is 7. The van der Waals surface area contributed by atoms with E-state index in [0.29, 0.717) is 0 Å². The molecule has 0 aliphatic heterocycles. The van der Waals surface area contributed by atoms with Crippen LogP contribution in [0.1, 0.15) is 25.2 Å². The van der Waals surface area contributed by atoms with Crippen molar-refractivity contribution in [3.8, 4) is 5.75 Å². The zero-order valence-corrected chi connectivity index (χ0v) is 13.5. The summed E-state index contributed by atoms with van der Waals surface area (Å²) in [5.41, 5.74) is 6.07. The molecule has 0 bridgehead atoms. The Morgan fingerprint density at radius 3 is 2.23 bits per heavy atom. The van der Waals surface area contributed by atoms with Crippen LogP contribution in [-0.2, 0) is 13.6 Å². The van der Waals surface area contributed by atoms with Crippen molar-refractivity contribution in [2.24, 2.45) is 5.73 Å². The van der Waals surface area contributed by atoms with Gasteiger partial charge in [-0.1, -0.05) is 17.7 Å². The smallest absolute Gasteiger partial charge is 0.404 e. The van der Waals surface area contributed by atoms with Gasteiger partial charge in [0.15, 0.2) is 0 Å². The van der Waals surface area contributed by atoms with E-state index in [9.17, 15) is 17.7 Å². The fraction of sp³-hybridized carbons (Fsp3) is 0.500. The molecular formula is C12H16ClF3NO4P. The summed E-state index contributed by atoms with van der Waals surface area (Å²) in [5.74, 6) is -1.75. The number of hydrogen-bond acceptors (Lipinski definition) is 5. The maximum absolute atomic E-state index is 12.5. The Bertz CT molecular complexity index is 546. The number of benzene rings is 1. The predicted octanol–water partition coefficient (Wildman–Crippen LogP) is 4.46. The summed E-state index contributed by atoms with van der Waals surface area (Å²) < 4.78 is 63.0. The van der Waals surface area contributed by atoms with Gasteiger partial charge in [-0.2, -0.15) is 0 Å². The average Bonchev–Trinajstić information content (AvgIpc) is 2.39. The van der Waals surface area contributed by atoms with Gasteiger partial charge in [0.25, 0.3) is 0 Å².